The van der Waals surface area contributed by atoms with E-state index in [9.17, 15) is 0 Å². The number of thiophene rings is 1. The molecule has 1 aromatic heterocycles. The molecule has 1 aromatic carbocycles. The van der Waals surface area contributed by atoms with Gasteiger partial charge in [0.15, 0.2) is 0 Å². The summed E-state index contributed by atoms with van der Waals surface area (Å²) in [5.74, 6) is 0. The van der Waals surface area contributed by atoms with Gasteiger partial charge in [0.2, 0.25) is 0 Å². The highest BCUT2D eigenvalue weighted by Crippen LogP contribution is 2.48. The second-order valence-electron chi connectivity index (χ2n) is 5.65. The monoisotopic (exact) mass is 323 g/mol. The van der Waals surface area contributed by atoms with Crippen molar-refractivity contribution in [1.82, 2.24) is 0 Å². The van der Waals surface area contributed by atoms with Gasteiger partial charge in [0, 0.05) is 15.2 Å². The van der Waals surface area contributed by atoms with Crippen molar-refractivity contribution in [3.63, 3.8) is 0 Å². The van der Waals surface area contributed by atoms with Crippen LogP contribution in [0, 0.1) is 5.41 Å². The van der Waals surface area contributed by atoms with Crippen LogP contribution >= 0.6 is 27.3 Å². The van der Waals surface area contributed by atoms with E-state index >= 15 is 0 Å². The Morgan fingerprint density at radius 3 is 2.78 bits per heavy atom. The maximum Gasteiger partial charge on any atom is 0.0488 e. The van der Waals surface area contributed by atoms with Gasteiger partial charge in [0.25, 0.3) is 0 Å². The van der Waals surface area contributed by atoms with Crippen molar-refractivity contribution < 1.29 is 0 Å². The quantitative estimate of drug-likeness (QED) is 0.803. The van der Waals surface area contributed by atoms with Crippen LogP contribution in [0.1, 0.15) is 44.2 Å². The molecule has 1 atom stereocenters. The van der Waals surface area contributed by atoms with E-state index in [1.165, 1.54) is 45.8 Å². The lowest BCUT2D eigenvalue weighted by Gasteiger charge is -2.31. The van der Waals surface area contributed by atoms with Gasteiger partial charge in [0.05, 0.1) is 0 Å². The highest BCUT2D eigenvalue weighted by atomic mass is 79.9. The van der Waals surface area contributed by atoms with E-state index in [4.69, 9.17) is 5.73 Å². The minimum Gasteiger partial charge on any atom is -0.323 e. The van der Waals surface area contributed by atoms with Crippen molar-refractivity contribution >= 4 is 37.4 Å². The first kappa shape index (κ1) is 12.6. The average Bonchev–Trinajstić information content (AvgIpc) is 2.96. The van der Waals surface area contributed by atoms with E-state index in [1.54, 1.807) is 11.3 Å². The molecule has 1 fully saturated rings. The number of hydrogen-bond acceptors (Lipinski definition) is 2. The smallest absolute Gasteiger partial charge is 0.0488 e. The lowest BCUT2D eigenvalue weighted by molar-refractivity contribution is 0.267. The Labute approximate surface area is 121 Å². The van der Waals surface area contributed by atoms with Crippen LogP contribution in [0.15, 0.2) is 28.1 Å². The van der Waals surface area contributed by atoms with Crippen LogP contribution < -0.4 is 5.73 Å². The molecule has 1 unspecified atom stereocenters. The van der Waals surface area contributed by atoms with E-state index in [-0.39, 0.29) is 11.5 Å². The molecule has 3 heteroatoms. The van der Waals surface area contributed by atoms with Gasteiger partial charge in [-0.1, -0.05) is 31.9 Å². The predicted octanol–water partition coefficient (Wildman–Crippen LogP) is 5.24. The zero-order valence-electron chi connectivity index (χ0n) is 10.6. The van der Waals surface area contributed by atoms with Gasteiger partial charge in [-0.25, -0.2) is 0 Å². The molecule has 0 radical (unpaired) electrons. The Hall–Kier alpha value is -0.380. The van der Waals surface area contributed by atoms with Gasteiger partial charge in [-0.3, -0.25) is 0 Å². The summed E-state index contributed by atoms with van der Waals surface area (Å²) in [6, 6.07) is 6.57. The molecule has 1 saturated carbocycles. The number of fused-ring (bicyclic) bond motifs is 1. The summed E-state index contributed by atoms with van der Waals surface area (Å²) >= 11 is 5.43. The molecule has 0 saturated heterocycles. The third-order valence-electron chi connectivity index (χ3n) is 4.41. The summed E-state index contributed by atoms with van der Waals surface area (Å²) in [5.41, 5.74) is 8.21. The van der Waals surface area contributed by atoms with Gasteiger partial charge in [-0.2, -0.15) is 0 Å². The van der Waals surface area contributed by atoms with E-state index in [1.807, 2.05) is 0 Å². The summed E-state index contributed by atoms with van der Waals surface area (Å²) in [7, 11) is 0. The van der Waals surface area contributed by atoms with Crippen LogP contribution in [-0.2, 0) is 0 Å². The van der Waals surface area contributed by atoms with Crippen molar-refractivity contribution in [3.05, 3.63) is 33.6 Å². The summed E-state index contributed by atoms with van der Waals surface area (Å²) < 4.78 is 2.50. The van der Waals surface area contributed by atoms with Gasteiger partial charge in [0.1, 0.15) is 0 Å². The van der Waals surface area contributed by atoms with Crippen molar-refractivity contribution in [1.29, 1.82) is 0 Å². The number of nitrogens with two attached hydrogens (primary N) is 1. The maximum atomic E-state index is 6.59. The van der Waals surface area contributed by atoms with E-state index in [2.05, 4.69) is 46.4 Å². The molecule has 2 aromatic rings. The summed E-state index contributed by atoms with van der Waals surface area (Å²) in [6.07, 6.45) is 5.19. The first-order valence-electron chi connectivity index (χ1n) is 6.53. The fourth-order valence-corrected chi connectivity index (χ4v) is 4.81. The normalized spacial score (nSPS) is 20.4. The van der Waals surface area contributed by atoms with E-state index < -0.39 is 0 Å². The van der Waals surface area contributed by atoms with Gasteiger partial charge in [-0.05, 0) is 56.6 Å². The summed E-state index contributed by atoms with van der Waals surface area (Å²) in [4.78, 5) is 0. The van der Waals surface area contributed by atoms with Crippen molar-refractivity contribution in [3.8, 4) is 0 Å². The van der Waals surface area contributed by atoms with Crippen molar-refractivity contribution in [2.45, 2.75) is 38.6 Å². The van der Waals surface area contributed by atoms with Crippen molar-refractivity contribution in [2.24, 2.45) is 11.1 Å². The van der Waals surface area contributed by atoms with Gasteiger partial charge in [-0.15, -0.1) is 11.3 Å². The molecule has 18 heavy (non-hydrogen) atoms. The average molecular weight is 324 g/mol. The van der Waals surface area contributed by atoms with Crippen LogP contribution in [0.25, 0.3) is 10.1 Å². The van der Waals surface area contributed by atoms with Crippen LogP contribution in [0.3, 0.4) is 0 Å². The standard InChI is InChI=1S/C15H18BrNS/c1-15(7-2-3-8-15)14(17)11-9-18-13-10(11)5-4-6-12(13)16/h4-6,9,14H,2-3,7-8,17H2,1H3. The zero-order chi connectivity index (χ0) is 12.8. The topological polar surface area (TPSA) is 26.0 Å². The Bertz CT molecular complexity index is 569. The summed E-state index contributed by atoms with van der Waals surface area (Å²) in [6.45, 7) is 2.35. The Morgan fingerprint density at radius 2 is 2.06 bits per heavy atom. The molecular formula is C15H18BrNS. The molecule has 96 valence electrons. The highest BCUT2D eigenvalue weighted by Gasteiger charge is 2.36. The minimum atomic E-state index is 0.169. The van der Waals surface area contributed by atoms with Crippen LogP contribution in [-0.4, -0.2) is 0 Å². The Balaban J connectivity index is 2.07. The minimum absolute atomic E-state index is 0.169. The highest BCUT2D eigenvalue weighted by molar-refractivity contribution is 9.10. The Morgan fingerprint density at radius 1 is 1.33 bits per heavy atom. The number of halogens is 1. The fraction of sp³-hybridized carbons (Fsp3) is 0.467. The molecule has 1 aliphatic carbocycles. The van der Waals surface area contributed by atoms with E-state index in [0.29, 0.717) is 0 Å². The molecule has 0 bridgehead atoms. The fourth-order valence-electron chi connectivity index (χ4n) is 3.15. The van der Waals surface area contributed by atoms with Crippen LogP contribution in [0.5, 0.6) is 0 Å². The first-order chi connectivity index (χ1) is 8.62. The molecule has 1 aliphatic rings. The third-order valence-corrected chi connectivity index (χ3v) is 6.38. The molecular weight excluding hydrogens is 306 g/mol. The van der Waals surface area contributed by atoms with E-state index in [0.717, 1.165) is 0 Å². The SMILES string of the molecule is CC1(C(N)c2csc3c(Br)cccc23)CCCC1. The molecule has 0 spiro atoms. The summed E-state index contributed by atoms with van der Waals surface area (Å²) in [5, 5.41) is 3.58. The number of benzene rings is 1. The first-order valence-corrected chi connectivity index (χ1v) is 8.20. The maximum absolute atomic E-state index is 6.59. The second-order valence-corrected chi connectivity index (χ2v) is 7.38. The van der Waals surface area contributed by atoms with Crippen LogP contribution in [0.4, 0.5) is 0 Å². The molecule has 1 nitrogen and oxygen atoms in total. The second kappa shape index (κ2) is 4.62. The number of rotatable bonds is 2. The molecule has 0 aliphatic heterocycles. The molecule has 3 rings (SSSR count). The lowest BCUT2D eigenvalue weighted by Crippen LogP contribution is -2.29. The molecule has 1 heterocycles. The van der Waals surface area contributed by atoms with Crippen LogP contribution in [0.2, 0.25) is 0 Å². The molecule has 2 N–H and O–H groups in total. The predicted molar refractivity (Wildman–Crippen MR) is 83.0 cm³/mol. The van der Waals surface area contributed by atoms with Gasteiger partial charge >= 0.3 is 0 Å². The lowest BCUT2D eigenvalue weighted by atomic mass is 9.78. The molecule has 0 amide bonds. The third kappa shape index (κ3) is 1.93. The zero-order valence-corrected chi connectivity index (χ0v) is 13.0. The largest absolute Gasteiger partial charge is 0.323 e. The van der Waals surface area contributed by atoms with Crippen molar-refractivity contribution in [2.75, 3.05) is 0 Å². The van der Waals surface area contributed by atoms with Gasteiger partial charge < -0.3 is 5.73 Å². The Kier molecular flexibility index (Phi) is 3.25. The number of hydrogen-bond donors (Lipinski definition) is 1.